The average molecular weight is 351 g/mol. The van der Waals surface area contributed by atoms with Gasteiger partial charge in [0.1, 0.15) is 0 Å². The van der Waals surface area contributed by atoms with E-state index in [1.165, 1.54) is 0 Å². The molecule has 1 aromatic heterocycles. The van der Waals surface area contributed by atoms with Crippen molar-refractivity contribution in [1.82, 2.24) is 10.2 Å². The molecular formula is C8H4BrIN2O. The number of benzene rings is 1. The van der Waals surface area contributed by atoms with E-state index in [9.17, 15) is 0 Å². The SMILES string of the molecule is Brc1ccc(-c2nnc(I)o2)cc1. The molecule has 0 bridgehead atoms. The zero-order chi connectivity index (χ0) is 9.26. The van der Waals surface area contributed by atoms with Crippen LogP contribution in [-0.4, -0.2) is 10.2 Å². The Balaban J connectivity index is 2.41. The Morgan fingerprint density at radius 1 is 1.15 bits per heavy atom. The number of hydrogen-bond acceptors (Lipinski definition) is 3. The monoisotopic (exact) mass is 350 g/mol. The van der Waals surface area contributed by atoms with Gasteiger partial charge in [-0.1, -0.05) is 15.9 Å². The highest BCUT2D eigenvalue weighted by atomic mass is 127. The largest absolute Gasteiger partial charge is 0.412 e. The van der Waals surface area contributed by atoms with Crippen molar-refractivity contribution in [3.8, 4) is 11.5 Å². The van der Waals surface area contributed by atoms with Gasteiger partial charge in [-0.25, -0.2) is 0 Å². The second-order valence-corrected chi connectivity index (χ2v) is 4.21. The van der Waals surface area contributed by atoms with Crippen molar-refractivity contribution >= 4 is 38.5 Å². The summed E-state index contributed by atoms with van der Waals surface area (Å²) in [5, 5.41) is 7.65. The van der Waals surface area contributed by atoms with E-state index in [4.69, 9.17) is 4.42 Å². The van der Waals surface area contributed by atoms with Gasteiger partial charge in [-0.15, -0.1) is 10.2 Å². The quantitative estimate of drug-likeness (QED) is 0.742. The maximum Gasteiger partial charge on any atom is 0.278 e. The van der Waals surface area contributed by atoms with Crippen molar-refractivity contribution in [1.29, 1.82) is 0 Å². The average Bonchev–Trinajstić information content (AvgIpc) is 2.53. The summed E-state index contributed by atoms with van der Waals surface area (Å²) in [6.07, 6.45) is 0. The first-order chi connectivity index (χ1) is 6.25. The van der Waals surface area contributed by atoms with Crippen LogP contribution in [0, 0.1) is 3.90 Å². The Labute approximate surface area is 96.8 Å². The van der Waals surface area contributed by atoms with Gasteiger partial charge < -0.3 is 4.42 Å². The third-order valence-electron chi connectivity index (χ3n) is 1.49. The molecule has 0 aliphatic rings. The zero-order valence-electron chi connectivity index (χ0n) is 6.37. The van der Waals surface area contributed by atoms with Crippen molar-refractivity contribution in [2.75, 3.05) is 0 Å². The molecule has 0 spiro atoms. The Bertz CT molecular complexity index is 412. The van der Waals surface area contributed by atoms with E-state index >= 15 is 0 Å². The highest BCUT2D eigenvalue weighted by Crippen LogP contribution is 2.20. The fourth-order valence-corrected chi connectivity index (χ4v) is 1.50. The Morgan fingerprint density at radius 3 is 2.38 bits per heavy atom. The molecule has 0 atom stereocenters. The molecule has 0 radical (unpaired) electrons. The van der Waals surface area contributed by atoms with Crippen LogP contribution in [-0.2, 0) is 0 Å². The lowest BCUT2D eigenvalue weighted by molar-refractivity contribution is 0.537. The predicted molar refractivity (Wildman–Crippen MR) is 60.2 cm³/mol. The lowest BCUT2D eigenvalue weighted by atomic mass is 10.2. The summed E-state index contributed by atoms with van der Waals surface area (Å²) in [5.74, 6) is 0.553. The van der Waals surface area contributed by atoms with Crippen molar-refractivity contribution in [2.24, 2.45) is 0 Å². The van der Waals surface area contributed by atoms with Gasteiger partial charge in [-0.05, 0) is 24.3 Å². The molecule has 3 nitrogen and oxygen atoms in total. The summed E-state index contributed by atoms with van der Waals surface area (Å²) in [6, 6.07) is 7.72. The van der Waals surface area contributed by atoms with Crippen LogP contribution in [0.1, 0.15) is 0 Å². The third kappa shape index (κ3) is 2.08. The summed E-state index contributed by atoms with van der Waals surface area (Å²) < 4.78 is 6.84. The molecule has 0 unspecified atom stereocenters. The lowest BCUT2D eigenvalue weighted by Gasteiger charge is -1.93. The highest BCUT2D eigenvalue weighted by Gasteiger charge is 2.04. The van der Waals surface area contributed by atoms with Gasteiger partial charge in [0, 0.05) is 32.6 Å². The van der Waals surface area contributed by atoms with E-state index in [1.54, 1.807) is 0 Å². The van der Waals surface area contributed by atoms with E-state index in [0.29, 0.717) is 9.79 Å². The minimum absolute atomic E-state index is 0.551. The molecular weight excluding hydrogens is 347 g/mol. The fourth-order valence-electron chi connectivity index (χ4n) is 0.914. The number of aromatic nitrogens is 2. The maximum absolute atomic E-state index is 5.26. The summed E-state index contributed by atoms with van der Waals surface area (Å²) in [7, 11) is 0. The highest BCUT2D eigenvalue weighted by molar-refractivity contribution is 14.1. The van der Waals surface area contributed by atoms with Crippen LogP contribution in [0.15, 0.2) is 33.2 Å². The van der Waals surface area contributed by atoms with Crippen molar-refractivity contribution in [3.05, 3.63) is 32.6 Å². The van der Waals surface area contributed by atoms with Gasteiger partial charge in [0.2, 0.25) is 5.89 Å². The lowest BCUT2D eigenvalue weighted by Crippen LogP contribution is -1.76. The van der Waals surface area contributed by atoms with Crippen LogP contribution in [0.25, 0.3) is 11.5 Å². The molecule has 0 N–H and O–H groups in total. The first-order valence-electron chi connectivity index (χ1n) is 3.50. The Morgan fingerprint density at radius 2 is 1.85 bits per heavy atom. The Kier molecular flexibility index (Phi) is 2.63. The number of hydrogen-bond donors (Lipinski definition) is 0. The van der Waals surface area contributed by atoms with Crippen LogP contribution in [0.4, 0.5) is 0 Å². The first kappa shape index (κ1) is 9.14. The molecule has 0 amide bonds. The van der Waals surface area contributed by atoms with Crippen LogP contribution in [0.5, 0.6) is 0 Å². The minimum Gasteiger partial charge on any atom is -0.412 e. The first-order valence-corrected chi connectivity index (χ1v) is 5.38. The molecule has 0 aliphatic carbocycles. The van der Waals surface area contributed by atoms with Crippen molar-refractivity contribution in [3.63, 3.8) is 0 Å². The number of halogens is 2. The van der Waals surface area contributed by atoms with E-state index < -0.39 is 0 Å². The molecule has 2 aromatic rings. The Hall–Kier alpha value is -0.430. The van der Waals surface area contributed by atoms with E-state index in [2.05, 4.69) is 26.1 Å². The van der Waals surface area contributed by atoms with Crippen LogP contribution < -0.4 is 0 Å². The number of nitrogens with zero attached hydrogens (tertiary/aromatic N) is 2. The molecule has 1 heterocycles. The normalized spacial score (nSPS) is 10.3. The standard InChI is InChI=1S/C8H4BrIN2O/c9-6-3-1-5(2-4-6)7-11-12-8(10)13-7/h1-4H. The van der Waals surface area contributed by atoms with E-state index in [1.807, 2.05) is 46.9 Å². The molecule has 5 heteroatoms. The summed E-state index contributed by atoms with van der Waals surface area (Å²) >= 11 is 5.34. The molecule has 0 fully saturated rings. The maximum atomic E-state index is 5.26. The van der Waals surface area contributed by atoms with Gasteiger partial charge in [0.15, 0.2) is 0 Å². The number of rotatable bonds is 1. The summed E-state index contributed by atoms with van der Waals surface area (Å²) in [6.45, 7) is 0. The van der Waals surface area contributed by atoms with Gasteiger partial charge >= 0.3 is 0 Å². The van der Waals surface area contributed by atoms with Crippen molar-refractivity contribution in [2.45, 2.75) is 0 Å². The fraction of sp³-hybridized carbons (Fsp3) is 0. The van der Waals surface area contributed by atoms with Gasteiger partial charge in [-0.2, -0.15) is 0 Å². The summed E-state index contributed by atoms with van der Waals surface area (Å²) in [5.41, 5.74) is 0.929. The molecule has 0 saturated heterocycles. The van der Waals surface area contributed by atoms with Crippen LogP contribution >= 0.6 is 38.5 Å². The third-order valence-corrected chi connectivity index (χ3v) is 2.46. The molecule has 1 aromatic carbocycles. The molecule has 0 aliphatic heterocycles. The van der Waals surface area contributed by atoms with Gasteiger partial charge in [0.25, 0.3) is 3.90 Å². The second-order valence-electron chi connectivity index (χ2n) is 2.37. The molecule has 2 rings (SSSR count). The molecule has 13 heavy (non-hydrogen) atoms. The minimum atomic E-state index is 0.551. The van der Waals surface area contributed by atoms with E-state index in [-0.39, 0.29) is 0 Å². The predicted octanol–water partition coefficient (Wildman–Crippen LogP) is 3.10. The topological polar surface area (TPSA) is 38.9 Å². The molecule has 66 valence electrons. The molecule has 0 saturated carbocycles. The van der Waals surface area contributed by atoms with Gasteiger partial charge in [-0.3, -0.25) is 0 Å². The van der Waals surface area contributed by atoms with Crippen LogP contribution in [0.2, 0.25) is 0 Å². The van der Waals surface area contributed by atoms with Crippen molar-refractivity contribution < 1.29 is 4.42 Å². The second kappa shape index (κ2) is 3.75. The summed E-state index contributed by atoms with van der Waals surface area (Å²) in [4.78, 5) is 0. The van der Waals surface area contributed by atoms with Gasteiger partial charge in [0.05, 0.1) is 0 Å². The smallest absolute Gasteiger partial charge is 0.278 e. The van der Waals surface area contributed by atoms with E-state index in [0.717, 1.165) is 10.0 Å². The zero-order valence-corrected chi connectivity index (χ0v) is 10.1. The van der Waals surface area contributed by atoms with Crippen LogP contribution in [0.3, 0.4) is 0 Å².